The van der Waals surface area contributed by atoms with Gasteiger partial charge in [-0.25, -0.2) is 0 Å². The second kappa shape index (κ2) is 10.6. The quantitative estimate of drug-likeness (QED) is 0.145. The first-order valence-corrected chi connectivity index (χ1v) is 16.4. The number of para-hydroxylation sites is 1. The summed E-state index contributed by atoms with van der Waals surface area (Å²) in [5.41, 5.74) is 10.4. The van der Waals surface area contributed by atoms with E-state index in [1.807, 2.05) is 36.7 Å². The fourth-order valence-corrected chi connectivity index (χ4v) is 7.81. The standard InChI is InChI=1S/C45H26N4/c46-27-28-16-20-40-38(25-28)39-26-30(18-21-41(39)49(40)31-10-2-1-3-11-31)42-32-12-4-6-14-34(32)43(35-15-7-5-13-33(35)42)36-22-24-48-45-37(36)19-17-29-9-8-23-47-44(29)45/h1-26H. The molecular weight excluding hydrogens is 597 g/mol. The zero-order chi connectivity index (χ0) is 32.5. The summed E-state index contributed by atoms with van der Waals surface area (Å²) < 4.78 is 2.29. The Morgan fingerprint density at radius 3 is 1.86 bits per heavy atom. The lowest BCUT2D eigenvalue weighted by Gasteiger charge is -2.19. The van der Waals surface area contributed by atoms with Crippen LogP contribution in [0.2, 0.25) is 0 Å². The molecule has 0 fully saturated rings. The highest BCUT2D eigenvalue weighted by atomic mass is 15.0. The van der Waals surface area contributed by atoms with E-state index in [0.29, 0.717) is 5.56 Å². The Bertz CT molecular complexity index is 2950. The van der Waals surface area contributed by atoms with Crippen molar-refractivity contribution in [3.05, 3.63) is 164 Å². The summed E-state index contributed by atoms with van der Waals surface area (Å²) in [6, 6.07) is 53.6. The number of benzene rings is 7. The van der Waals surface area contributed by atoms with Crippen LogP contribution < -0.4 is 0 Å². The first-order chi connectivity index (χ1) is 24.3. The molecule has 226 valence electrons. The van der Waals surface area contributed by atoms with Crippen molar-refractivity contribution < 1.29 is 0 Å². The van der Waals surface area contributed by atoms with Crippen LogP contribution in [0.1, 0.15) is 5.56 Å². The maximum Gasteiger partial charge on any atom is 0.0991 e. The maximum absolute atomic E-state index is 9.84. The number of nitriles is 1. The summed E-state index contributed by atoms with van der Waals surface area (Å²) in [5, 5.41) is 18.9. The molecule has 3 aromatic heterocycles. The topological polar surface area (TPSA) is 54.5 Å². The van der Waals surface area contributed by atoms with Crippen LogP contribution in [0.4, 0.5) is 0 Å². The highest BCUT2D eigenvalue weighted by molar-refractivity contribution is 6.25. The average Bonchev–Trinajstić information content (AvgIpc) is 3.49. The first-order valence-electron chi connectivity index (χ1n) is 16.4. The molecule has 10 rings (SSSR count). The third-order valence-electron chi connectivity index (χ3n) is 9.88. The number of fused-ring (bicyclic) bond motifs is 8. The zero-order valence-corrected chi connectivity index (χ0v) is 26.3. The number of hydrogen-bond acceptors (Lipinski definition) is 3. The molecule has 3 heterocycles. The van der Waals surface area contributed by atoms with Crippen molar-refractivity contribution in [1.29, 1.82) is 5.26 Å². The lowest BCUT2D eigenvalue weighted by molar-refractivity contribution is 1.18. The fourth-order valence-electron chi connectivity index (χ4n) is 7.81. The Morgan fingerprint density at radius 1 is 0.469 bits per heavy atom. The van der Waals surface area contributed by atoms with Gasteiger partial charge in [-0.05, 0) is 98.4 Å². The number of hydrogen-bond donors (Lipinski definition) is 0. The molecule has 49 heavy (non-hydrogen) atoms. The maximum atomic E-state index is 9.84. The lowest BCUT2D eigenvalue weighted by atomic mass is 9.85. The van der Waals surface area contributed by atoms with Crippen LogP contribution in [0.15, 0.2) is 158 Å². The first kappa shape index (κ1) is 27.3. The molecule has 0 aliphatic heterocycles. The SMILES string of the molecule is N#Cc1ccc2c(c1)c1cc(-c3c4ccccc4c(-c4ccnc5c4ccc4cccnc45)c4ccccc34)ccc1n2-c1ccccc1. The summed E-state index contributed by atoms with van der Waals surface area (Å²) in [5.74, 6) is 0. The summed E-state index contributed by atoms with van der Waals surface area (Å²) in [6.07, 6.45) is 3.75. The number of nitrogens with zero attached hydrogens (tertiary/aromatic N) is 4. The molecule has 0 unspecified atom stereocenters. The molecule has 0 spiro atoms. The average molecular weight is 623 g/mol. The Labute approximate surface area is 281 Å². The zero-order valence-electron chi connectivity index (χ0n) is 26.3. The van der Waals surface area contributed by atoms with Crippen LogP contribution in [0.25, 0.3) is 93.1 Å². The second-order valence-corrected chi connectivity index (χ2v) is 12.5. The molecule has 0 aliphatic rings. The summed E-state index contributed by atoms with van der Waals surface area (Å²) in [4.78, 5) is 9.55. The van der Waals surface area contributed by atoms with Crippen molar-refractivity contribution in [3.8, 4) is 34.0 Å². The minimum Gasteiger partial charge on any atom is -0.309 e. The number of pyridine rings is 2. The molecule has 7 aromatic carbocycles. The molecule has 4 heteroatoms. The van der Waals surface area contributed by atoms with E-state index < -0.39 is 0 Å². The van der Waals surface area contributed by atoms with Crippen molar-refractivity contribution in [3.63, 3.8) is 0 Å². The van der Waals surface area contributed by atoms with Crippen molar-refractivity contribution in [1.82, 2.24) is 14.5 Å². The van der Waals surface area contributed by atoms with Gasteiger partial charge >= 0.3 is 0 Å². The molecule has 0 bridgehead atoms. The fraction of sp³-hybridized carbons (Fsp3) is 0. The van der Waals surface area contributed by atoms with Gasteiger partial charge in [0.15, 0.2) is 0 Å². The van der Waals surface area contributed by atoms with Crippen LogP contribution in [0.3, 0.4) is 0 Å². The van der Waals surface area contributed by atoms with E-state index in [-0.39, 0.29) is 0 Å². The molecule has 0 radical (unpaired) electrons. The van der Waals surface area contributed by atoms with E-state index >= 15 is 0 Å². The van der Waals surface area contributed by atoms with E-state index in [9.17, 15) is 5.26 Å². The monoisotopic (exact) mass is 622 g/mol. The molecule has 0 atom stereocenters. The Hall–Kier alpha value is -6.83. The Morgan fingerprint density at radius 2 is 1.12 bits per heavy atom. The lowest BCUT2D eigenvalue weighted by Crippen LogP contribution is -1.94. The number of aromatic nitrogens is 3. The second-order valence-electron chi connectivity index (χ2n) is 12.5. The van der Waals surface area contributed by atoms with Gasteiger partial charge in [0.25, 0.3) is 0 Å². The van der Waals surface area contributed by atoms with Gasteiger partial charge in [0.05, 0.1) is 33.7 Å². The van der Waals surface area contributed by atoms with Crippen molar-refractivity contribution in [2.24, 2.45) is 0 Å². The molecule has 0 saturated carbocycles. The van der Waals surface area contributed by atoms with Gasteiger partial charge in [0.2, 0.25) is 0 Å². The number of rotatable bonds is 3. The molecule has 0 N–H and O–H groups in total. The molecule has 4 nitrogen and oxygen atoms in total. The van der Waals surface area contributed by atoms with Crippen molar-refractivity contribution in [2.75, 3.05) is 0 Å². The van der Waals surface area contributed by atoms with Crippen LogP contribution >= 0.6 is 0 Å². The van der Waals surface area contributed by atoms with E-state index in [4.69, 9.17) is 9.97 Å². The summed E-state index contributed by atoms with van der Waals surface area (Å²) in [6.45, 7) is 0. The van der Waals surface area contributed by atoms with Crippen molar-refractivity contribution >= 4 is 65.2 Å². The van der Waals surface area contributed by atoms with Gasteiger partial charge in [0.1, 0.15) is 0 Å². The minimum absolute atomic E-state index is 0.651. The van der Waals surface area contributed by atoms with Crippen LogP contribution in [-0.2, 0) is 0 Å². The van der Waals surface area contributed by atoms with E-state index in [1.54, 1.807) is 0 Å². The summed E-state index contributed by atoms with van der Waals surface area (Å²) in [7, 11) is 0. The third kappa shape index (κ3) is 4.03. The van der Waals surface area contributed by atoms with E-state index in [1.165, 1.54) is 32.7 Å². The Kier molecular flexibility index (Phi) is 5.90. The van der Waals surface area contributed by atoms with Gasteiger partial charge in [0, 0.05) is 39.6 Å². The normalized spacial score (nSPS) is 11.7. The van der Waals surface area contributed by atoms with Gasteiger partial charge in [-0.15, -0.1) is 0 Å². The van der Waals surface area contributed by atoms with Gasteiger partial charge < -0.3 is 4.57 Å². The van der Waals surface area contributed by atoms with Crippen LogP contribution in [0.5, 0.6) is 0 Å². The molecule has 0 saturated heterocycles. The predicted octanol–water partition coefficient (Wildman–Crippen LogP) is 11.4. The van der Waals surface area contributed by atoms with Gasteiger partial charge in [-0.1, -0.05) is 91.0 Å². The molecule has 10 aromatic rings. The highest BCUT2D eigenvalue weighted by Gasteiger charge is 2.20. The van der Waals surface area contributed by atoms with Gasteiger partial charge in [-0.2, -0.15) is 5.26 Å². The predicted molar refractivity (Wildman–Crippen MR) is 202 cm³/mol. The summed E-state index contributed by atoms with van der Waals surface area (Å²) >= 11 is 0. The van der Waals surface area contributed by atoms with E-state index in [2.05, 4.69) is 132 Å². The highest BCUT2D eigenvalue weighted by Crippen LogP contribution is 2.46. The smallest absolute Gasteiger partial charge is 0.0991 e. The van der Waals surface area contributed by atoms with Crippen LogP contribution in [0, 0.1) is 11.3 Å². The van der Waals surface area contributed by atoms with Gasteiger partial charge in [-0.3, -0.25) is 9.97 Å². The van der Waals surface area contributed by atoms with Crippen LogP contribution in [-0.4, -0.2) is 14.5 Å². The largest absolute Gasteiger partial charge is 0.309 e. The molecule has 0 aliphatic carbocycles. The molecule has 0 amide bonds. The van der Waals surface area contributed by atoms with E-state index in [0.717, 1.165) is 60.4 Å². The minimum atomic E-state index is 0.651. The molecular formula is C45H26N4. The third-order valence-corrected chi connectivity index (χ3v) is 9.88. The van der Waals surface area contributed by atoms with Crippen molar-refractivity contribution in [2.45, 2.75) is 0 Å². The Balaban J connectivity index is 1.30.